The van der Waals surface area contributed by atoms with Gasteiger partial charge < -0.3 is 11.1 Å². The summed E-state index contributed by atoms with van der Waals surface area (Å²) in [5, 5.41) is 2.99. The molecule has 0 aliphatic carbocycles. The smallest absolute Gasteiger partial charge is 0.220 e. The molecule has 3 N–H and O–H groups in total. The van der Waals surface area contributed by atoms with Crippen molar-refractivity contribution in [2.75, 3.05) is 25.4 Å². The van der Waals surface area contributed by atoms with Crippen LogP contribution in [0.1, 0.15) is 39.5 Å². The van der Waals surface area contributed by atoms with E-state index in [0.29, 0.717) is 38.9 Å². The molecule has 1 atom stereocenters. The third kappa shape index (κ3) is 5.03. The standard InChI is InChI=1S/C13H27N3O3S/c1-3-11(10-14)9-13(17)15-12-5-7-16(8-6-12)20(18,19)4-2/h11-12H,3-10,14H2,1-2H3,(H,15,17). The number of hydrogen-bond donors (Lipinski definition) is 2. The van der Waals surface area contributed by atoms with Crippen molar-refractivity contribution in [2.24, 2.45) is 11.7 Å². The molecule has 0 radical (unpaired) electrons. The number of sulfonamides is 1. The normalized spacial score (nSPS) is 19.8. The van der Waals surface area contributed by atoms with Crippen molar-refractivity contribution < 1.29 is 13.2 Å². The van der Waals surface area contributed by atoms with E-state index in [9.17, 15) is 13.2 Å². The highest BCUT2D eigenvalue weighted by atomic mass is 32.2. The number of piperidine rings is 1. The number of nitrogens with zero attached hydrogens (tertiary/aromatic N) is 1. The molecule has 0 aromatic heterocycles. The minimum absolute atomic E-state index is 0.0269. The van der Waals surface area contributed by atoms with Crippen LogP contribution in [0.15, 0.2) is 0 Å². The van der Waals surface area contributed by atoms with E-state index in [0.717, 1.165) is 6.42 Å². The molecule has 1 fully saturated rings. The number of carbonyl (C=O) groups excluding carboxylic acids is 1. The van der Waals surface area contributed by atoms with Crippen LogP contribution in [-0.2, 0) is 14.8 Å². The molecule has 1 amide bonds. The van der Waals surface area contributed by atoms with Crippen LogP contribution < -0.4 is 11.1 Å². The minimum Gasteiger partial charge on any atom is -0.353 e. The van der Waals surface area contributed by atoms with Crippen molar-refractivity contribution in [3.8, 4) is 0 Å². The number of carbonyl (C=O) groups is 1. The second kappa shape index (κ2) is 7.95. The van der Waals surface area contributed by atoms with E-state index >= 15 is 0 Å². The Morgan fingerprint density at radius 2 is 1.95 bits per heavy atom. The summed E-state index contributed by atoms with van der Waals surface area (Å²) >= 11 is 0. The lowest BCUT2D eigenvalue weighted by molar-refractivity contribution is -0.122. The Kier molecular flexibility index (Phi) is 6.91. The summed E-state index contributed by atoms with van der Waals surface area (Å²) in [6, 6.07) is 0.0843. The molecule has 0 aromatic carbocycles. The van der Waals surface area contributed by atoms with Gasteiger partial charge in [-0.15, -0.1) is 0 Å². The molecule has 0 saturated carbocycles. The molecule has 0 bridgehead atoms. The predicted octanol–water partition coefficient (Wildman–Crippen LogP) is 0.292. The summed E-state index contributed by atoms with van der Waals surface area (Å²) in [6.07, 6.45) is 2.73. The van der Waals surface area contributed by atoms with E-state index in [1.54, 1.807) is 6.92 Å². The van der Waals surface area contributed by atoms with Gasteiger partial charge in [-0.25, -0.2) is 12.7 Å². The maximum atomic E-state index is 11.9. The first kappa shape index (κ1) is 17.4. The van der Waals surface area contributed by atoms with Gasteiger partial charge in [-0.1, -0.05) is 13.3 Å². The lowest BCUT2D eigenvalue weighted by Crippen LogP contribution is -2.47. The first-order chi connectivity index (χ1) is 9.42. The van der Waals surface area contributed by atoms with E-state index in [-0.39, 0.29) is 23.6 Å². The van der Waals surface area contributed by atoms with Gasteiger partial charge in [-0.2, -0.15) is 0 Å². The number of nitrogens with two attached hydrogens (primary N) is 1. The van der Waals surface area contributed by atoms with Gasteiger partial charge in [-0.05, 0) is 32.2 Å². The molecule has 20 heavy (non-hydrogen) atoms. The van der Waals surface area contributed by atoms with Crippen molar-refractivity contribution in [3.05, 3.63) is 0 Å². The highest BCUT2D eigenvalue weighted by molar-refractivity contribution is 7.89. The SMILES string of the molecule is CCC(CN)CC(=O)NC1CCN(S(=O)(=O)CC)CC1. The molecular weight excluding hydrogens is 278 g/mol. The van der Waals surface area contributed by atoms with Crippen LogP contribution in [-0.4, -0.2) is 50.1 Å². The summed E-state index contributed by atoms with van der Waals surface area (Å²) in [5.41, 5.74) is 5.59. The lowest BCUT2D eigenvalue weighted by Gasteiger charge is -2.31. The van der Waals surface area contributed by atoms with Crippen molar-refractivity contribution in [2.45, 2.75) is 45.6 Å². The number of hydrogen-bond acceptors (Lipinski definition) is 4. The molecule has 1 aliphatic heterocycles. The Morgan fingerprint density at radius 1 is 1.35 bits per heavy atom. The molecular formula is C13H27N3O3S. The number of rotatable bonds is 7. The van der Waals surface area contributed by atoms with Gasteiger partial charge >= 0.3 is 0 Å². The predicted molar refractivity (Wildman–Crippen MR) is 79.7 cm³/mol. The number of amides is 1. The fourth-order valence-electron chi connectivity index (χ4n) is 2.40. The summed E-state index contributed by atoms with van der Waals surface area (Å²) < 4.78 is 25.0. The van der Waals surface area contributed by atoms with Crippen LogP contribution in [0.2, 0.25) is 0 Å². The third-order valence-electron chi connectivity index (χ3n) is 3.96. The molecule has 1 unspecified atom stereocenters. The first-order valence-corrected chi connectivity index (χ1v) is 9.01. The maximum Gasteiger partial charge on any atom is 0.220 e. The number of nitrogens with one attached hydrogen (secondary N) is 1. The molecule has 1 rings (SSSR count). The Balaban J connectivity index is 2.37. The van der Waals surface area contributed by atoms with Gasteiger partial charge in [0.15, 0.2) is 0 Å². The van der Waals surface area contributed by atoms with Crippen molar-refractivity contribution >= 4 is 15.9 Å². The molecule has 1 heterocycles. The maximum absolute atomic E-state index is 11.9. The van der Waals surface area contributed by atoms with Gasteiger partial charge in [-0.3, -0.25) is 4.79 Å². The summed E-state index contributed by atoms with van der Waals surface area (Å²) in [6.45, 7) is 5.20. The molecule has 1 aliphatic rings. The van der Waals surface area contributed by atoms with E-state index in [1.807, 2.05) is 6.92 Å². The van der Waals surface area contributed by atoms with Gasteiger partial charge in [0.1, 0.15) is 0 Å². The Hall–Kier alpha value is -0.660. The van der Waals surface area contributed by atoms with E-state index in [2.05, 4.69) is 5.32 Å². The van der Waals surface area contributed by atoms with Gasteiger partial charge in [0.2, 0.25) is 15.9 Å². The van der Waals surface area contributed by atoms with Gasteiger partial charge in [0.05, 0.1) is 5.75 Å². The van der Waals surface area contributed by atoms with Gasteiger partial charge in [0.25, 0.3) is 0 Å². The molecule has 0 spiro atoms. The minimum atomic E-state index is -3.10. The third-order valence-corrected chi connectivity index (χ3v) is 5.84. The average molecular weight is 305 g/mol. The van der Waals surface area contributed by atoms with E-state index in [4.69, 9.17) is 5.73 Å². The highest BCUT2D eigenvalue weighted by Crippen LogP contribution is 2.15. The van der Waals surface area contributed by atoms with Crippen LogP contribution in [0.5, 0.6) is 0 Å². The molecule has 1 saturated heterocycles. The van der Waals surface area contributed by atoms with Crippen LogP contribution in [0.25, 0.3) is 0 Å². The second-order valence-electron chi connectivity index (χ2n) is 5.36. The lowest BCUT2D eigenvalue weighted by atomic mass is 10.0. The fourth-order valence-corrected chi connectivity index (χ4v) is 3.54. The summed E-state index contributed by atoms with van der Waals surface area (Å²) in [7, 11) is -3.10. The Bertz CT molecular complexity index is 399. The fraction of sp³-hybridized carbons (Fsp3) is 0.923. The summed E-state index contributed by atoms with van der Waals surface area (Å²) in [5.74, 6) is 0.397. The Morgan fingerprint density at radius 3 is 2.40 bits per heavy atom. The zero-order valence-corrected chi connectivity index (χ0v) is 13.3. The zero-order valence-electron chi connectivity index (χ0n) is 12.5. The Labute approximate surface area is 122 Å². The van der Waals surface area contributed by atoms with Crippen LogP contribution >= 0.6 is 0 Å². The summed E-state index contributed by atoms with van der Waals surface area (Å²) in [4.78, 5) is 11.9. The van der Waals surface area contributed by atoms with Crippen LogP contribution in [0.4, 0.5) is 0 Å². The largest absolute Gasteiger partial charge is 0.353 e. The van der Waals surface area contributed by atoms with Gasteiger partial charge in [0, 0.05) is 25.6 Å². The average Bonchev–Trinajstić information content (AvgIpc) is 2.45. The topological polar surface area (TPSA) is 92.5 Å². The molecule has 6 nitrogen and oxygen atoms in total. The quantitative estimate of drug-likeness (QED) is 0.707. The van der Waals surface area contributed by atoms with E-state index < -0.39 is 10.0 Å². The van der Waals surface area contributed by atoms with Crippen LogP contribution in [0.3, 0.4) is 0 Å². The first-order valence-electron chi connectivity index (χ1n) is 7.40. The van der Waals surface area contributed by atoms with Crippen molar-refractivity contribution in [1.29, 1.82) is 0 Å². The zero-order chi connectivity index (χ0) is 15.2. The second-order valence-corrected chi connectivity index (χ2v) is 7.61. The highest BCUT2D eigenvalue weighted by Gasteiger charge is 2.27. The van der Waals surface area contributed by atoms with Crippen molar-refractivity contribution in [3.63, 3.8) is 0 Å². The molecule has 0 aromatic rings. The van der Waals surface area contributed by atoms with E-state index in [1.165, 1.54) is 4.31 Å². The monoisotopic (exact) mass is 305 g/mol. The van der Waals surface area contributed by atoms with Crippen LogP contribution in [0, 0.1) is 5.92 Å². The molecule has 7 heteroatoms. The molecule has 118 valence electrons. The van der Waals surface area contributed by atoms with Crippen molar-refractivity contribution in [1.82, 2.24) is 9.62 Å².